The Hall–Kier alpha value is -4.42. The van der Waals surface area contributed by atoms with Crippen molar-refractivity contribution in [2.45, 2.75) is 0 Å². The summed E-state index contributed by atoms with van der Waals surface area (Å²) in [5.74, 6) is 1.31. The summed E-state index contributed by atoms with van der Waals surface area (Å²) in [6, 6.07) is 20.0. The quantitative estimate of drug-likeness (QED) is 0.442. The number of fused-ring (bicyclic) bond motifs is 1. The van der Waals surface area contributed by atoms with Crippen molar-refractivity contribution < 1.29 is 9.53 Å². The number of carbonyl (C=O) groups is 1. The van der Waals surface area contributed by atoms with Crippen LogP contribution in [0.2, 0.25) is 5.02 Å². The van der Waals surface area contributed by atoms with Gasteiger partial charge in [0.2, 0.25) is 5.95 Å². The largest absolute Gasteiger partial charge is 0.484 e. The molecule has 36 heavy (non-hydrogen) atoms. The van der Waals surface area contributed by atoms with E-state index in [1.807, 2.05) is 24.3 Å². The monoisotopic (exact) mass is 499 g/mol. The number of hydrogen-bond donors (Lipinski definition) is 1. The molecule has 10 heteroatoms. The first-order valence-electron chi connectivity index (χ1n) is 11.4. The minimum atomic E-state index is -0.0853. The van der Waals surface area contributed by atoms with E-state index >= 15 is 0 Å². The highest BCUT2D eigenvalue weighted by Crippen LogP contribution is 2.28. The lowest BCUT2D eigenvalue weighted by molar-refractivity contribution is -0.133. The Bertz CT molecular complexity index is 1440. The molecule has 2 aromatic carbocycles. The average molecular weight is 500 g/mol. The van der Waals surface area contributed by atoms with Gasteiger partial charge in [0.25, 0.3) is 5.91 Å². The molecule has 2 aromatic heterocycles. The van der Waals surface area contributed by atoms with E-state index in [9.17, 15) is 4.79 Å². The molecule has 0 radical (unpaired) electrons. The third kappa shape index (κ3) is 4.99. The number of nitrogens with two attached hydrogens (primary N) is 1. The molecule has 1 aliphatic rings. The fraction of sp³-hybridized carbons (Fsp3) is 0.192. The van der Waals surface area contributed by atoms with Gasteiger partial charge in [-0.3, -0.25) is 4.79 Å². The van der Waals surface area contributed by atoms with Crippen LogP contribution >= 0.6 is 11.6 Å². The predicted molar refractivity (Wildman–Crippen MR) is 138 cm³/mol. The van der Waals surface area contributed by atoms with E-state index < -0.39 is 0 Å². The first kappa shape index (κ1) is 23.3. The number of anilines is 2. The third-order valence-electron chi connectivity index (χ3n) is 5.96. The third-order valence-corrected chi connectivity index (χ3v) is 6.21. The molecule has 0 saturated carbocycles. The molecule has 0 atom stereocenters. The summed E-state index contributed by atoms with van der Waals surface area (Å²) in [7, 11) is 0. The number of nitrogen functional groups attached to an aromatic ring is 1. The van der Waals surface area contributed by atoms with Gasteiger partial charge in [0.05, 0.1) is 22.8 Å². The Kier molecular flexibility index (Phi) is 6.52. The number of aromatic nitrogens is 3. The highest BCUT2D eigenvalue weighted by molar-refractivity contribution is 6.30. The summed E-state index contributed by atoms with van der Waals surface area (Å²) in [6.45, 7) is 2.13. The van der Waals surface area contributed by atoms with Gasteiger partial charge in [-0.15, -0.1) is 0 Å². The van der Waals surface area contributed by atoms with Crippen LogP contribution in [-0.4, -0.2) is 58.5 Å². The van der Waals surface area contributed by atoms with Crippen molar-refractivity contribution in [1.82, 2.24) is 19.9 Å². The van der Waals surface area contributed by atoms with Gasteiger partial charge in [-0.25, -0.2) is 9.97 Å². The van der Waals surface area contributed by atoms with Gasteiger partial charge in [0.15, 0.2) is 12.4 Å². The Morgan fingerprint density at radius 3 is 2.39 bits per heavy atom. The van der Waals surface area contributed by atoms with E-state index in [2.05, 4.69) is 20.9 Å². The zero-order valence-electron chi connectivity index (χ0n) is 19.3. The maximum atomic E-state index is 12.7. The number of pyridine rings is 1. The Morgan fingerprint density at radius 1 is 0.972 bits per heavy atom. The maximum Gasteiger partial charge on any atom is 0.260 e. The minimum Gasteiger partial charge on any atom is -0.484 e. The summed E-state index contributed by atoms with van der Waals surface area (Å²) >= 11 is 5.89. The van der Waals surface area contributed by atoms with Crippen molar-refractivity contribution in [2.24, 2.45) is 0 Å². The van der Waals surface area contributed by atoms with E-state index in [4.69, 9.17) is 32.3 Å². The van der Waals surface area contributed by atoms with E-state index in [0.717, 1.165) is 11.3 Å². The molecule has 0 unspecified atom stereocenters. The number of piperazine rings is 1. The number of ether oxygens (including phenoxy) is 1. The second kappa shape index (κ2) is 10.1. The van der Waals surface area contributed by atoms with E-state index in [1.165, 1.54) is 0 Å². The Morgan fingerprint density at radius 2 is 1.69 bits per heavy atom. The van der Waals surface area contributed by atoms with Gasteiger partial charge in [-0.1, -0.05) is 23.7 Å². The van der Waals surface area contributed by atoms with Crippen LogP contribution in [0.5, 0.6) is 5.75 Å². The molecule has 0 spiro atoms. The van der Waals surface area contributed by atoms with Crippen LogP contribution in [-0.2, 0) is 4.79 Å². The van der Waals surface area contributed by atoms with E-state index in [0.29, 0.717) is 59.4 Å². The fourth-order valence-corrected chi connectivity index (χ4v) is 4.17. The van der Waals surface area contributed by atoms with E-state index in [-0.39, 0.29) is 18.5 Å². The summed E-state index contributed by atoms with van der Waals surface area (Å²) < 4.78 is 5.60. The van der Waals surface area contributed by atoms with Gasteiger partial charge < -0.3 is 20.3 Å². The summed E-state index contributed by atoms with van der Waals surface area (Å²) in [5, 5.41) is 9.67. The van der Waals surface area contributed by atoms with Crippen LogP contribution in [0.4, 0.5) is 11.8 Å². The van der Waals surface area contributed by atoms with Crippen LogP contribution in [0.1, 0.15) is 5.56 Å². The first-order chi connectivity index (χ1) is 17.5. The standard InChI is InChI=1S/C26H22ClN7O2/c27-19-5-7-20(8-6-19)36-16-23(35)33-11-13-34(14-12-33)25-24-22(31-26(29)32-25)10-9-21(30-24)18-3-1-17(15-28)2-4-18/h1-10H,11-14,16H2,(H2,29,31,32). The average Bonchev–Trinajstić information content (AvgIpc) is 2.92. The lowest BCUT2D eigenvalue weighted by atomic mass is 10.1. The second-order valence-corrected chi connectivity index (χ2v) is 8.71. The fourth-order valence-electron chi connectivity index (χ4n) is 4.05. The number of nitrogens with zero attached hydrogens (tertiary/aromatic N) is 6. The SMILES string of the molecule is N#Cc1ccc(-c2ccc3nc(N)nc(N4CCN(C(=O)COc5ccc(Cl)cc5)CC4)c3n2)cc1. The molecule has 0 bridgehead atoms. The zero-order chi connectivity index (χ0) is 25.1. The summed E-state index contributed by atoms with van der Waals surface area (Å²) in [5.41, 5.74) is 9.49. The topological polar surface area (TPSA) is 121 Å². The van der Waals surface area contributed by atoms with Gasteiger partial charge in [0.1, 0.15) is 11.3 Å². The summed E-state index contributed by atoms with van der Waals surface area (Å²) in [6.07, 6.45) is 0. The molecule has 1 aliphatic heterocycles. The minimum absolute atomic E-state index is 0.0411. The highest BCUT2D eigenvalue weighted by Gasteiger charge is 2.24. The van der Waals surface area contributed by atoms with Crippen molar-refractivity contribution in [3.05, 3.63) is 71.2 Å². The molecule has 1 fully saturated rings. The van der Waals surface area contributed by atoms with Crippen molar-refractivity contribution in [3.8, 4) is 23.1 Å². The molecule has 3 heterocycles. The lowest BCUT2D eigenvalue weighted by Crippen LogP contribution is -2.50. The molecule has 4 aromatic rings. The molecule has 180 valence electrons. The van der Waals surface area contributed by atoms with Gasteiger partial charge in [-0.2, -0.15) is 10.2 Å². The number of halogens is 1. The van der Waals surface area contributed by atoms with E-state index in [1.54, 1.807) is 41.3 Å². The van der Waals surface area contributed by atoms with Crippen LogP contribution in [0.15, 0.2) is 60.7 Å². The van der Waals surface area contributed by atoms with Crippen molar-refractivity contribution in [1.29, 1.82) is 5.26 Å². The zero-order valence-corrected chi connectivity index (χ0v) is 20.0. The number of carbonyl (C=O) groups excluding carboxylic acids is 1. The molecule has 5 rings (SSSR count). The van der Waals surface area contributed by atoms with Crippen molar-refractivity contribution >= 4 is 40.3 Å². The smallest absolute Gasteiger partial charge is 0.260 e. The predicted octanol–water partition coefficient (Wildman–Crippen LogP) is 3.53. The number of benzene rings is 2. The van der Waals surface area contributed by atoms with Gasteiger partial charge in [0, 0.05) is 36.8 Å². The molecule has 1 amide bonds. The second-order valence-electron chi connectivity index (χ2n) is 8.27. The van der Waals surface area contributed by atoms with Crippen molar-refractivity contribution in [3.63, 3.8) is 0 Å². The first-order valence-corrected chi connectivity index (χ1v) is 11.7. The Labute approximate surface area is 212 Å². The van der Waals surface area contributed by atoms with Crippen molar-refractivity contribution in [2.75, 3.05) is 43.4 Å². The molecule has 2 N–H and O–H groups in total. The number of rotatable bonds is 5. The van der Waals surface area contributed by atoms with Gasteiger partial charge >= 0.3 is 0 Å². The maximum absolute atomic E-state index is 12.7. The molecule has 9 nitrogen and oxygen atoms in total. The van der Waals surface area contributed by atoms with Crippen LogP contribution in [0.25, 0.3) is 22.3 Å². The normalized spacial score (nSPS) is 13.4. The number of hydrogen-bond acceptors (Lipinski definition) is 8. The van der Waals surface area contributed by atoms with Gasteiger partial charge in [-0.05, 0) is 48.5 Å². The Balaban J connectivity index is 1.31. The number of amides is 1. The molecule has 0 aliphatic carbocycles. The van der Waals surface area contributed by atoms with Crippen LogP contribution in [0, 0.1) is 11.3 Å². The highest BCUT2D eigenvalue weighted by atomic mass is 35.5. The number of nitriles is 1. The van der Waals surface area contributed by atoms with Crippen LogP contribution < -0.4 is 15.4 Å². The summed E-state index contributed by atoms with van der Waals surface area (Å²) in [4.78, 5) is 30.2. The van der Waals surface area contributed by atoms with Crippen LogP contribution in [0.3, 0.4) is 0 Å². The molecular formula is C26H22ClN7O2. The molecular weight excluding hydrogens is 478 g/mol. The lowest BCUT2D eigenvalue weighted by Gasteiger charge is -2.35. The molecule has 1 saturated heterocycles.